The highest BCUT2D eigenvalue weighted by Crippen LogP contribution is 2.16. The van der Waals surface area contributed by atoms with Crippen LogP contribution < -0.4 is 5.32 Å². The second-order valence-electron chi connectivity index (χ2n) is 5.02. The van der Waals surface area contributed by atoms with Crippen LogP contribution in [0.25, 0.3) is 0 Å². The molecule has 1 rings (SSSR count). The molecule has 1 aromatic rings. The largest absolute Gasteiger partial charge is 0.370 e. The standard InChI is InChI=1S/C14H23ClN4O/c1-5-6-16-13-10-11(9-12(15)17-13)14(20)19(4)8-7-18(2)3/h9-10H,5-8H2,1-4H3,(H,16,17). The van der Waals surface area contributed by atoms with Gasteiger partial charge in [0.25, 0.3) is 5.91 Å². The number of pyridine rings is 1. The summed E-state index contributed by atoms with van der Waals surface area (Å²) < 4.78 is 0. The third-order valence-electron chi connectivity index (χ3n) is 2.83. The number of carbonyl (C=O) groups excluding carboxylic acids is 1. The van der Waals surface area contributed by atoms with Gasteiger partial charge in [-0.3, -0.25) is 4.79 Å². The fraction of sp³-hybridized carbons (Fsp3) is 0.571. The van der Waals surface area contributed by atoms with Crippen molar-refractivity contribution < 1.29 is 4.79 Å². The molecule has 0 bridgehead atoms. The van der Waals surface area contributed by atoms with Gasteiger partial charge in [0, 0.05) is 32.2 Å². The predicted octanol–water partition coefficient (Wildman–Crippen LogP) is 2.19. The molecule has 6 heteroatoms. The number of aromatic nitrogens is 1. The molecule has 0 aliphatic heterocycles. The van der Waals surface area contributed by atoms with Crippen molar-refractivity contribution in [3.63, 3.8) is 0 Å². The van der Waals surface area contributed by atoms with Gasteiger partial charge < -0.3 is 15.1 Å². The van der Waals surface area contributed by atoms with Gasteiger partial charge in [-0.2, -0.15) is 0 Å². The second-order valence-corrected chi connectivity index (χ2v) is 5.41. The molecule has 112 valence electrons. The maximum absolute atomic E-state index is 12.3. The fourth-order valence-corrected chi connectivity index (χ4v) is 1.84. The van der Waals surface area contributed by atoms with E-state index < -0.39 is 0 Å². The summed E-state index contributed by atoms with van der Waals surface area (Å²) in [5, 5.41) is 3.47. The van der Waals surface area contributed by atoms with Crippen LogP contribution in [0.4, 0.5) is 5.82 Å². The smallest absolute Gasteiger partial charge is 0.253 e. The summed E-state index contributed by atoms with van der Waals surface area (Å²) in [5.74, 6) is 0.597. The van der Waals surface area contributed by atoms with Crippen LogP contribution in [0.3, 0.4) is 0 Å². The van der Waals surface area contributed by atoms with Crippen molar-refractivity contribution in [2.45, 2.75) is 13.3 Å². The van der Waals surface area contributed by atoms with Crippen molar-refractivity contribution in [2.75, 3.05) is 46.1 Å². The first-order chi connectivity index (χ1) is 9.43. The molecule has 0 aliphatic carbocycles. The summed E-state index contributed by atoms with van der Waals surface area (Å²) in [4.78, 5) is 20.2. The molecule has 0 fully saturated rings. The second kappa shape index (κ2) is 8.07. The number of halogens is 1. The van der Waals surface area contributed by atoms with Crippen LogP contribution in [-0.4, -0.2) is 61.5 Å². The van der Waals surface area contributed by atoms with Gasteiger partial charge in [-0.05, 0) is 32.6 Å². The molecule has 1 amide bonds. The lowest BCUT2D eigenvalue weighted by molar-refractivity contribution is 0.0786. The van der Waals surface area contributed by atoms with Gasteiger partial charge in [-0.1, -0.05) is 18.5 Å². The molecule has 0 saturated carbocycles. The average Bonchev–Trinajstić information content (AvgIpc) is 2.41. The highest BCUT2D eigenvalue weighted by molar-refractivity contribution is 6.29. The maximum Gasteiger partial charge on any atom is 0.253 e. The van der Waals surface area contributed by atoms with Crippen molar-refractivity contribution in [1.82, 2.24) is 14.8 Å². The van der Waals surface area contributed by atoms with Crippen LogP contribution in [-0.2, 0) is 0 Å². The number of hydrogen-bond donors (Lipinski definition) is 1. The number of hydrogen-bond acceptors (Lipinski definition) is 4. The van der Waals surface area contributed by atoms with Crippen molar-refractivity contribution in [1.29, 1.82) is 0 Å². The number of carbonyl (C=O) groups is 1. The highest BCUT2D eigenvalue weighted by atomic mass is 35.5. The summed E-state index contributed by atoms with van der Waals surface area (Å²) >= 11 is 5.98. The lowest BCUT2D eigenvalue weighted by Gasteiger charge is -2.20. The van der Waals surface area contributed by atoms with Gasteiger partial charge >= 0.3 is 0 Å². The Morgan fingerprint density at radius 1 is 1.30 bits per heavy atom. The van der Waals surface area contributed by atoms with Gasteiger partial charge in [0.15, 0.2) is 0 Å². The Morgan fingerprint density at radius 3 is 2.60 bits per heavy atom. The number of amides is 1. The Bertz CT molecular complexity index is 451. The molecular weight excluding hydrogens is 276 g/mol. The third-order valence-corrected chi connectivity index (χ3v) is 3.02. The molecule has 0 unspecified atom stereocenters. The molecule has 0 spiro atoms. The van der Waals surface area contributed by atoms with E-state index in [0.29, 0.717) is 23.1 Å². The van der Waals surface area contributed by atoms with Crippen LogP contribution in [0.1, 0.15) is 23.7 Å². The van der Waals surface area contributed by atoms with E-state index in [0.717, 1.165) is 19.5 Å². The van der Waals surface area contributed by atoms with Crippen molar-refractivity contribution in [3.8, 4) is 0 Å². The first kappa shape index (κ1) is 16.7. The van der Waals surface area contributed by atoms with Crippen LogP contribution >= 0.6 is 11.6 Å². The highest BCUT2D eigenvalue weighted by Gasteiger charge is 2.14. The first-order valence-electron chi connectivity index (χ1n) is 6.75. The Balaban J connectivity index is 2.78. The molecule has 1 N–H and O–H groups in total. The van der Waals surface area contributed by atoms with Crippen molar-refractivity contribution in [3.05, 3.63) is 22.8 Å². The zero-order valence-electron chi connectivity index (χ0n) is 12.6. The molecule has 0 aliphatic rings. The lowest BCUT2D eigenvalue weighted by atomic mass is 10.2. The monoisotopic (exact) mass is 298 g/mol. The number of rotatable bonds is 7. The van der Waals surface area contributed by atoms with Crippen LogP contribution in [0.15, 0.2) is 12.1 Å². The number of nitrogens with one attached hydrogen (secondary N) is 1. The summed E-state index contributed by atoms with van der Waals surface area (Å²) in [7, 11) is 5.75. The molecule has 1 aromatic heterocycles. The number of nitrogens with zero attached hydrogens (tertiary/aromatic N) is 3. The van der Waals surface area contributed by atoms with Gasteiger partial charge in [0.2, 0.25) is 0 Å². The summed E-state index contributed by atoms with van der Waals surface area (Å²) in [6, 6.07) is 3.35. The Kier molecular flexibility index (Phi) is 6.75. The Labute approximate surface area is 125 Å². The minimum absolute atomic E-state index is 0.0456. The number of likely N-dealkylation sites (N-methyl/N-ethyl adjacent to an activating group) is 2. The van der Waals surface area contributed by atoms with Crippen LogP contribution in [0.2, 0.25) is 5.15 Å². The molecule has 1 heterocycles. The van der Waals surface area contributed by atoms with E-state index in [1.807, 2.05) is 19.0 Å². The lowest BCUT2D eigenvalue weighted by Crippen LogP contribution is -2.33. The first-order valence-corrected chi connectivity index (χ1v) is 7.13. The van der Waals surface area contributed by atoms with E-state index in [2.05, 4.69) is 17.2 Å². The molecular formula is C14H23ClN4O. The molecule has 20 heavy (non-hydrogen) atoms. The SMILES string of the molecule is CCCNc1cc(C(=O)N(C)CCN(C)C)cc(Cl)n1. The van der Waals surface area contributed by atoms with Gasteiger partial charge in [-0.15, -0.1) is 0 Å². The maximum atomic E-state index is 12.3. The van der Waals surface area contributed by atoms with Gasteiger partial charge in [0.05, 0.1) is 0 Å². The minimum atomic E-state index is -0.0456. The van der Waals surface area contributed by atoms with Gasteiger partial charge in [0.1, 0.15) is 11.0 Å². The van der Waals surface area contributed by atoms with Gasteiger partial charge in [-0.25, -0.2) is 4.98 Å². The molecule has 0 radical (unpaired) electrons. The summed E-state index contributed by atoms with van der Waals surface area (Å²) in [6.07, 6.45) is 0.986. The van der Waals surface area contributed by atoms with E-state index in [4.69, 9.17) is 11.6 Å². The van der Waals surface area contributed by atoms with E-state index in [1.165, 1.54) is 0 Å². The zero-order valence-corrected chi connectivity index (χ0v) is 13.4. The van der Waals surface area contributed by atoms with E-state index >= 15 is 0 Å². The Morgan fingerprint density at radius 2 is 2.00 bits per heavy atom. The topological polar surface area (TPSA) is 48.5 Å². The molecule has 0 atom stereocenters. The normalized spacial score (nSPS) is 10.7. The molecule has 5 nitrogen and oxygen atoms in total. The minimum Gasteiger partial charge on any atom is -0.370 e. The van der Waals surface area contributed by atoms with E-state index in [9.17, 15) is 4.79 Å². The summed E-state index contributed by atoms with van der Waals surface area (Å²) in [6.45, 7) is 4.36. The number of anilines is 1. The summed E-state index contributed by atoms with van der Waals surface area (Å²) in [5.41, 5.74) is 0.560. The van der Waals surface area contributed by atoms with E-state index in [1.54, 1.807) is 24.1 Å². The average molecular weight is 299 g/mol. The Hall–Kier alpha value is -1.33. The predicted molar refractivity (Wildman–Crippen MR) is 83.5 cm³/mol. The molecule has 0 aromatic carbocycles. The molecule has 0 saturated heterocycles. The van der Waals surface area contributed by atoms with E-state index in [-0.39, 0.29) is 5.91 Å². The fourth-order valence-electron chi connectivity index (χ4n) is 1.64. The zero-order chi connectivity index (χ0) is 15.1. The van der Waals surface area contributed by atoms with Crippen LogP contribution in [0, 0.1) is 0 Å². The third kappa shape index (κ3) is 5.35. The van der Waals surface area contributed by atoms with Crippen molar-refractivity contribution in [2.24, 2.45) is 0 Å². The quantitative estimate of drug-likeness (QED) is 0.784. The van der Waals surface area contributed by atoms with Crippen molar-refractivity contribution >= 4 is 23.3 Å². The van der Waals surface area contributed by atoms with Crippen LogP contribution in [0.5, 0.6) is 0 Å².